The van der Waals surface area contributed by atoms with E-state index in [4.69, 9.17) is 9.84 Å². The van der Waals surface area contributed by atoms with Gasteiger partial charge in [0, 0.05) is 12.5 Å². The minimum Gasteiger partial charge on any atom is -0.504 e. The Balaban J connectivity index is 0.000000366. The molecule has 0 saturated heterocycles. The van der Waals surface area contributed by atoms with Gasteiger partial charge >= 0.3 is 5.97 Å². The molecule has 0 bridgehead atoms. The number of aldehydes is 1. The molecule has 0 unspecified atom stereocenters. The van der Waals surface area contributed by atoms with E-state index in [1.807, 2.05) is 0 Å². The van der Waals surface area contributed by atoms with E-state index >= 15 is 0 Å². The Labute approximate surface area is 100.0 Å². The fourth-order valence-corrected chi connectivity index (χ4v) is 0.971. The molecular formula is C12H16O5. The molecule has 5 nitrogen and oxygen atoms in total. The number of methoxy groups -OCH3 is 1. The number of phenolic OH excluding ortho intramolecular Hbond substituents is 1. The van der Waals surface area contributed by atoms with Crippen molar-refractivity contribution >= 4 is 12.3 Å². The third-order valence-corrected chi connectivity index (χ3v) is 1.69. The summed E-state index contributed by atoms with van der Waals surface area (Å²) in [4.78, 5) is 20.1. The molecule has 1 N–H and O–H groups in total. The zero-order valence-corrected chi connectivity index (χ0v) is 10.1. The minimum atomic E-state index is -0.211. The van der Waals surface area contributed by atoms with Gasteiger partial charge in [-0.15, -0.1) is 0 Å². The molecule has 0 atom stereocenters. The van der Waals surface area contributed by atoms with E-state index in [1.165, 1.54) is 32.2 Å². The predicted octanol–water partition coefficient (Wildman–Crippen LogP) is 1.78. The highest BCUT2D eigenvalue weighted by molar-refractivity contribution is 5.76. The van der Waals surface area contributed by atoms with E-state index in [0.29, 0.717) is 24.2 Å². The summed E-state index contributed by atoms with van der Waals surface area (Å²) >= 11 is 0. The molecule has 0 aromatic heterocycles. The third-order valence-electron chi connectivity index (χ3n) is 1.69. The van der Waals surface area contributed by atoms with Crippen LogP contribution in [0.4, 0.5) is 0 Å². The highest BCUT2D eigenvalue weighted by atomic mass is 16.5. The van der Waals surface area contributed by atoms with Crippen molar-refractivity contribution in [2.45, 2.75) is 13.8 Å². The summed E-state index contributed by atoms with van der Waals surface area (Å²) in [5.41, 5.74) is 0.486. The second kappa shape index (κ2) is 8.15. The highest BCUT2D eigenvalue weighted by Gasteiger charge is 2.00. The number of carbonyl (C=O) groups excluding carboxylic acids is 2. The Hall–Kier alpha value is -2.04. The summed E-state index contributed by atoms with van der Waals surface area (Å²) in [6.07, 6.45) is 0.696. The maximum atomic E-state index is 10.2. The van der Waals surface area contributed by atoms with Crippen molar-refractivity contribution in [3.05, 3.63) is 23.8 Å². The van der Waals surface area contributed by atoms with Crippen LogP contribution in [-0.2, 0) is 9.53 Å². The van der Waals surface area contributed by atoms with Gasteiger partial charge in [0.25, 0.3) is 0 Å². The van der Waals surface area contributed by atoms with Gasteiger partial charge in [0.1, 0.15) is 6.29 Å². The zero-order valence-electron chi connectivity index (χ0n) is 10.1. The van der Waals surface area contributed by atoms with Gasteiger partial charge in [-0.1, -0.05) is 0 Å². The smallest absolute Gasteiger partial charge is 0.302 e. The molecule has 1 rings (SSSR count). The molecule has 0 aliphatic heterocycles. The number of esters is 1. The SMILES string of the molecule is CCOC(C)=O.COc1cc(C=O)ccc1O. The van der Waals surface area contributed by atoms with Crippen molar-refractivity contribution in [2.24, 2.45) is 0 Å². The van der Waals surface area contributed by atoms with Gasteiger partial charge in [-0.3, -0.25) is 9.59 Å². The molecule has 17 heavy (non-hydrogen) atoms. The zero-order chi connectivity index (χ0) is 13.3. The van der Waals surface area contributed by atoms with Crippen LogP contribution in [0.3, 0.4) is 0 Å². The van der Waals surface area contributed by atoms with Crippen LogP contribution < -0.4 is 4.74 Å². The van der Waals surface area contributed by atoms with Gasteiger partial charge in [0.2, 0.25) is 0 Å². The first-order chi connectivity index (χ1) is 8.04. The molecule has 0 radical (unpaired) electrons. The molecule has 0 aliphatic carbocycles. The monoisotopic (exact) mass is 240 g/mol. The van der Waals surface area contributed by atoms with Crippen LogP contribution in [0.25, 0.3) is 0 Å². The lowest BCUT2D eigenvalue weighted by Gasteiger charge is -2.01. The van der Waals surface area contributed by atoms with Crippen molar-refractivity contribution in [1.82, 2.24) is 0 Å². The van der Waals surface area contributed by atoms with Crippen LogP contribution >= 0.6 is 0 Å². The van der Waals surface area contributed by atoms with Crippen LogP contribution in [-0.4, -0.2) is 31.1 Å². The van der Waals surface area contributed by atoms with E-state index in [1.54, 1.807) is 6.92 Å². The van der Waals surface area contributed by atoms with Crippen molar-refractivity contribution in [3.8, 4) is 11.5 Å². The predicted molar refractivity (Wildman–Crippen MR) is 62.4 cm³/mol. The Morgan fingerprint density at radius 1 is 1.47 bits per heavy atom. The summed E-state index contributed by atoms with van der Waals surface area (Å²) in [6.45, 7) is 3.65. The lowest BCUT2D eigenvalue weighted by Crippen LogP contribution is -1.95. The quantitative estimate of drug-likeness (QED) is 0.644. The van der Waals surface area contributed by atoms with Crippen LogP contribution in [0.15, 0.2) is 18.2 Å². The molecule has 1 aromatic rings. The van der Waals surface area contributed by atoms with Gasteiger partial charge in [-0.25, -0.2) is 0 Å². The summed E-state index contributed by atoms with van der Waals surface area (Å²) in [7, 11) is 1.43. The van der Waals surface area contributed by atoms with Crippen molar-refractivity contribution in [1.29, 1.82) is 0 Å². The Morgan fingerprint density at radius 3 is 2.47 bits per heavy atom. The standard InChI is InChI=1S/C8H8O3.C4H8O2/c1-11-8-4-6(5-9)2-3-7(8)10;1-3-6-4(2)5/h2-5,10H,1H3;3H2,1-2H3. The van der Waals surface area contributed by atoms with E-state index in [0.717, 1.165) is 0 Å². The van der Waals surface area contributed by atoms with Gasteiger partial charge in [-0.05, 0) is 25.1 Å². The van der Waals surface area contributed by atoms with Crippen molar-refractivity contribution < 1.29 is 24.2 Å². The van der Waals surface area contributed by atoms with E-state index < -0.39 is 0 Å². The molecular weight excluding hydrogens is 224 g/mol. The lowest BCUT2D eigenvalue weighted by molar-refractivity contribution is -0.140. The number of aromatic hydroxyl groups is 1. The van der Waals surface area contributed by atoms with Crippen molar-refractivity contribution in [3.63, 3.8) is 0 Å². The first kappa shape index (κ1) is 15.0. The normalized spacial score (nSPS) is 8.65. The average molecular weight is 240 g/mol. The number of ether oxygens (including phenoxy) is 2. The summed E-state index contributed by atoms with van der Waals surface area (Å²) in [5, 5.41) is 9.09. The van der Waals surface area contributed by atoms with E-state index in [2.05, 4.69) is 4.74 Å². The first-order valence-electron chi connectivity index (χ1n) is 5.00. The molecule has 1 aromatic carbocycles. The van der Waals surface area contributed by atoms with Crippen LogP contribution in [0.5, 0.6) is 11.5 Å². The average Bonchev–Trinajstić information content (AvgIpc) is 2.30. The number of phenols is 1. The van der Waals surface area contributed by atoms with Crippen LogP contribution in [0.2, 0.25) is 0 Å². The van der Waals surface area contributed by atoms with Crippen molar-refractivity contribution in [2.75, 3.05) is 13.7 Å². The number of benzene rings is 1. The second-order valence-electron chi connectivity index (χ2n) is 2.97. The van der Waals surface area contributed by atoms with Gasteiger partial charge in [0.15, 0.2) is 11.5 Å². The summed E-state index contributed by atoms with van der Waals surface area (Å²) in [5.74, 6) is 0.144. The molecule has 0 amide bonds. The first-order valence-corrected chi connectivity index (χ1v) is 5.00. The minimum absolute atomic E-state index is 0.0399. The maximum absolute atomic E-state index is 10.2. The lowest BCUT2D eigenvalue weighted by atomic mass is 10.2. The van der Waals surface area contributed by atoms with Crippen LogP contribution in [0.1, 0.15) is 24.2 Å². The number of hydrogen-bond acceptors (Lipinski definition) is 5. The van der Waals surface area contributed by atoms with Crippen LogP contribution in [0, 0.1) is 0 Å². The van der Waals surface area contributed by atoms with E-state index in [9.17, 15) is 9.59 Å². The maximum Gasteiger partial charge on any atom is 0.302 e. The Bertz CT molecular complexity index is 373. The fourth-order valence-electron chi connectivity index (χ4n) is 0.971. The van der Waals surface area contributed by atoms with Gasteiger partial charge in [0.05, 0.1) is 13.7 Å². The molecule has 0 aliphatic rings. The second-order valence-corrected chi connectivity index (χ2v) is 2.97. The highest BCUT2D eigenvalue weighted by Crippen LogP contribution is 2.25. The summed E-state index contributed by atoms with van der Waals surface area (Å²) < 4.78 is 9.18. The summed E-state index contributed by atoms with van der Waals surface area (Å²) in [6, 6.07) is 4.41. The fraction of sp³-hybridized carbons (Fsp3) is 0.333. The molecule has 0 spiro atoms. The molecule has 0 heterocycles. The topological polar surface area (TPSA) is 72.8 Å². The molecule has 0 saturated carbocycles. The number of hydrogen-bond donors (Lipinski definition) is 1. The number of carbonyl (C=O) groups is 2. The Kier molecular flexibility index (Phi) is 7.17. The van der Waals surface area contributed by atoms with E-state index in [-0.39, 0.29) is 11.7 Å². The Morgan fingerprint density at radius 2 is 2.12 bits per heavy atom. The third kappa shape index (κ3) is 6.19. The molecule has 0 fully saturated rings. The van der Waals surface area contributed by atoms with Gasteiger partial charge < -0.3 is 14.6 Å². The largest absolute Gasteiger partial charge is 0.504 e. The number of rotatable bonds is 3. The van der Waals surface area contributed by atoms with Gasteiger partial charge in [-0.2, -0.15) is 0 Å². The molecule has 5 heteroatoms. The molecule has 94 valence electrons.